The van der Waals surface area contributed by atoms with Crippen LogP contribution >= 0.6 is 12.3 Å². The van der Waals surface area contributed by atoms with Crippen LogP contribution in [0.4, 0.5) is 17.1 Å². The van der Waals surface area contributed by atoms with Crippen LogP contribution in [0, 0.1) is 6.92 Å². The zero-order valence-electron chi connectivity index (χ0n) is 12.5. The molecule has 3 aromatic rings. The summed E-state index contributed by atoms with van der Waals surface area (Å²) in [5.74, 6) is -0.561. The number of hydrogen-bond acceptors (Lipinski definition) is 5. The summed E-state index contributed by atoms with van der Waals surface area (Å²) < 4.78 is 52.5. The van der Waals surface area contributed by atoms with Gasteiger partial charge in [0.05, 0.1) is 16.5 Å². The average Bonchev–Trinajstić information content (AvgIpc) is 2.55. The third-order valence-electron chi connectivity index (χ3n) is 3.50. The van der Waals surface area contributed by atoms with E-state index >= 15 is 0 Å². The van der Waals surface area contributed by atoms with Crippen LogP contribution in [0.3, 0.4) is 0 Å². The molecule has 1 N–H and O–H groups in total. The van der Waals surface area contributed by atoms with Gasteiger partial charge in [0.2, 0.25) is 0 Å². The van der Waals surface area contributed by atoms with Crippen LogP contribution in [0.2, 0.25) is 0 Å². The number of phenolic OH excluding ortho intramolecular Hbond substituents is 1. The highest BCUT2D eigenvalue weighted by molar-refractivity contribution is 7.92. The molecule has 2 heterocycles. The van der Waals surface area contributed by atoms with E-state index in [0.29, 0.717) is 15.6 Å². The molecule has 1 aromatic carbocycles. The maximum absolute atomic E-state index is 13.3. The number of benzene rings is 1. The van der Waals surface area contributed by atoms with Crippen LogP contribution in [-0.2, 0) is 6.18 Å². The molecule has 3 rings (SSSR count). The molecule has 0 saturated heterocycles. The van der Waals surface area contributed by atoms with Crippen molar-refractivity contribution in [3.63, 3.8) is 0 Å². The molecule has 0 saturated carbocycles. The normalized spacial score (nSPS) is 11.9. The minimum absolute atomic E-state index is 0.0571. The molecule has 0 radical (unpaired) electrons. The SMILES string of the molecule is Cc1cc(O)cc2c(=O)n(SF)c(-c3cc(C(F)(F)F)ccn3)nc12. The Morgan fingerprint density at radius 2 is 1.96 bits per heavy atom. The summed E-state index contributed by atoms with van der Waals surface area (Å²) >= 11 is -0.504. The topological polar surface area (TPSA) is 68.0 Å². The van der Waals surface area contributed by atoms with Crippen molar-refractivity contribution in [1.29, 1.82) is 0 Å². The van der Waals surface area contributed by atoms with Crippen LogP contribution in [0.1, 0.15) is 11.1 Å². The zero-order chi connectivity index (χ0) is 18.4. The van der Waals surface area contributed by atoms with E-state index in [9.17, 15) is 27.0 Å². The molecule has 0 aliphatic rings. The number of hydrogen-bond donors (Lipinski definition) is 1. The largest absolute Gasteiger partial charge is 0.508 e. The monoisotopic (exact) mass is 371 g/mol. The molecule has 0 bridgehead atoms. The number of alkyl halides is 3. The predicted molar refractivity (Wildman–Crippen MR) is 84.7 cm³/mol. The molecule has 0 atom stereocenters. The van der Waals surface area contributed by atoms with Crippen molar-refractivity contribution in [2.24, 2.45) is 0 Å². The number of nitrogens with zero attached hydrogens (tertiary/aromatic N) is 3. The van der Waals surface area contributed by atoms with Gasteiger partial charge < -0.3 is 5.11 Å². The minimum Gasteiger partial charge on any atom is -0.508 e. The summed E-state index contributed by atoms with van der Waals surface area (Å²) in [4.78, 5) is 20.3. The van der Waals surface area contributed by atoms with Crippen LogP contribution in [0.25, 0.3) is 22.4 Å². The molecular formula is C15H9F4N3O2S. The number of aryl methyl sites for hydroxylation is 1. The standard InChI is InChI=1S/C15H9F4N3O2S/c1-7-4-9(23)6-10-12(7)21-13(22(25-19)14(10)24)11-5-8(2-3-20-11)15(16,17)18/h2-6,23H,1H3. The fourth-order valence-electron chi connectivity index (χ4n) is 2.38. The number of rotatable bonds is 2. The van der Waals surface area contributed by atoms with Crippen molar-refractivity contribution in [2.45, 2.75) is 13.1 Å². The van der Waals surface area contributed by atoms with Crippen LogP contribution in [-0.4, -0.2) is 19.0 Å². The van der Waals surface area contributed by atoms with E-state index in [4.69, 9.17) is 0 Å². The van der Waals surface area contributed by atoms with Gasteiger partial charge in [0, 0.05) is 6.20 Å². The first-order chi connectivity index (χ1) is 11.7. The number of pyridine rings is 1. The van der Waals surface area contributed by atoms with E-state index < -0.39 is 29.6 Å². The van der Waals surface area contributed by atoms with Crippen molar-refractivity contribution in [1.82, 2.24) is 13.9 Å². The second-order valence-electron chi connectivity index (χ2n) is 5.19. The lowest BCUT2D eigenvalue weighted by Crippen LogP contribution is -2.19. The smallest absolute Gasteiger partial charge is 0.416 e. The quantitative estimate of drug-likeness (QED) is 0.693. The summed E-state index contributed by atoms with van der Waals surface area (Å²) in [5, 5.41) is 9.54. The van der Waals surface area contributed by atoms with E-state index in [2.05, 4.69) is 9.97 Å². The Labute approximate surface area is 142 Å². The van der Waals surface area contributed by atoms with Gasteiger partial charge in [-0.25, -0.2) is 8.96 Å². The fourth-order valence-corrected chi connectivity index (χ4v) is 2.74. The summed E-state index contributed by atoms with van der Waals surface area (Å²) in [6.07, 6.45) is -3.71. The second-order valence-corrected chi connectivity index (χ2v) is 5.69. The van der Waals surface area contributed by atoms with Gasteiger partial charge in [-0.15, -0.1) is 3.89 Å². The van der Waals surface area contributed by atoms with E-state index in [1.807, 2.05) is 0 Å². The Balaban J connectivity index is 2.35. The highest BCUT2D eigenvalue weighted by atomic mass is 32.2. The van der Waals surface area contributed by atoms with Crippen LogP contribution in [0.15, 0.2) is 35.3 Å². The maximum Gasteiger partial charge on any atom is 0.416 e. The summed E-state index contributed by atoms with van der Waals surface area (Å²) in [6, 6.07) is 3.91. The third-order valence-corrected chi connectivity index (χ3v) is 3.97. The summed E-state index contributed by atoms with van der Waals surface area (Å²) in [7, 11) is 0. The van der Waals surface area contributed by atoms with Gasteiger partial charge in [0.25, 0.3) is 5.56 Å². The second kappa shape index (κ2) is 6.03. The molecular weight excluding hydrogens is 362 g/mol. The van der Waals surface area contributed by atoms with Gasteiger partial charge in [0.15, 0.2) is 18.2 Å². The first-order valence-electron chi connectivity index (χ1n) is 6.81. The minimum atomic E-state index is -4.62. The van der Waals surface area contributed by atoms with E-state index in [1.54, 1.807) is 6.92 Å². The molecule has 0 spiro atoms. The Hall–Kier alpha value is -2.62. The molecule has 0 amide bonds. The summed E-state index contributed by atoms with van der Waals surface area (Å²) in [5.41, 5.74) is -1.60. The number of halogens is 4. The Bertz CT molecular complexity index is 1030. The van der Waals surface area contributed by atoms with Gasteiger partial charge in [-0.05, 0) is 36.8 Å². The van der Waals surface area contributed by atoms with Crippen molar-refractivity contribution >= 4 is 23.2 Å². The fraction of sp³-hybridized carbons (Fsp3) is 0.133. The molecule has 5 nitrogen and oxygen atoms in total. The lowest BCUT2D eigenvalue weighted by Gasteiger charge is -2.12. The zero-order valence-corrected chi connectivity index (χ0v) is 13.3. The Morgan fingerprint density at radius 1 is 1.24 bits per heavy atom. The van der Waals surface area contributed by atoms with Crippen molar-refractivity contribution < 1.29 is 22.2 Å². The van der Waals surface area contributed by atoms with Gasteiger partial charge in [0.1, 0.15) is 11.4 Å². The summed E-state index contributed by atoms with van der Waals surface area (Å²) in [6.45, 7) is 1.56. The average molecular weight is 371 g/mol. The maximum atomic E-state index is 13.3. The van der Waals surface area contributed by atoms with Crippen molar-refractivity contribution in [3.8, 4) is 17.3 Å². The van der Waals surface area contributed by atoms with Crippen LogP contribution < -0.4 is 5.56 Å². The highest BCUT2D eigenvalue weighted by Gasteiger charge is 2.31. The number of phenols is 1. The van der Waals surface area contributed by atoms with Crippen molar-refractivity contribution in [3.05, 3.63) is 51.9 Å². The molecule has 10 heteroatoms. The molecule has 0 fully saturated rings. The van der Waals surface area contributed by atoms with E-state index in [0.717, 1.165) is 18.3 Å². The Morgan fingerprint density at radius 3 is 2.60 bits per heavy atom. The number of fused-ring (bicyclic) bond motifs is 1. The Kier molecular flexibility index (Phi) is 4.15. The molecule has 0 unspecified atom stereocenters. The van der Waals surface area contributed by atoms with Gasteiger partial charge in [-0.1, -0.05) is 0 Å². The van der Waals surface area contributed by atoms with Crippen LogP contribution in [0.5, 0.6) is 5.75 Å². The molecule has 0 aliphatic carbocycles. The number of aromatic hydroxyl groups is 1. The lowest BCUT2D eigenvalue weighted by atomic mass is 10.1. The first-order valence-corrected chi connectivity index (χ1v) is 7.49. The molecule has 25 heavy (non-hydrogen) atoms. The molecule has 2 aromatic heterocycles. The van der Waals surface area contributed by atoms with E-state index in [1.165, 1.54) is 6.07 Å². The highest BCUT2D eigenvalue weighted by Crippen LogP contribution is 2.32. The van der Waals surface area contributed by atoms with Gasteiger partial charge in [-0.3, -0.25) is 9.78 Å². The first kappa shape index (κ1) is 17.2. The van der Waals surface area contributed by atoms with Gasteiger partial charge >= 0.3 is 6.18 Å². The molecule has 130 valence electrons. The van der Waals surface area contributed by atoms with Crippen molar-refractivity contribution in [2.75, 3.05) is 0 Å². The molecule has 0 aliphatic heterocycles. The van der Waals surface area contributed by atoms with Gasteiger partial charge in [-0.2, -0.15) is 13.2 Å². The predicted octanol–water partition coefficient (Wildman–Crippen LogP) is 3.87. The van der Waals surface area contributed by atoms with E-state index in [-0.39, 0.29) is 28.2 Å². The lowest BCUT2D eigenvalue weighted by molar-refractivity contribution is -0.137. The third kappa shape index (κ3) is 3.04. The number of aromatic nitrogens is 3.